The molecule has 0 radical (unpaired) electrons. The summed E-state index contributed by atoms with van der Waals surface area (Å²) >= 11 is 0. The Morgan fingerprint density at radius 2 is 2.36 bits per heavy atom. The van der Waals surface area contributed by atoms with E-state index in [1.54, 1.807) is 11.5 Å². The molecule has 1 rings (SSSR count). The first kappa shape index (κ1) is 12.3. The van der Waals surface area contributed by atoms with Gasteiger partial charge in [-0.25, -0.2) is 15.3 Å². The van der Waals surface area contributed by atoms with Crippen LogP contribution in [0.1, 0.15) is 13.2 Å². The zero-order chi connectivity index (χ0) is 11.0. The number of hydrogen-bond acceptors (Lipinski definition) is 6. The van der Waals surface area contributed by atoms with E-state index in [0.29, 0.717) is 11.4 Å². The van der Waals surface area contributed by atoms with E-state index in [1.807, 2.05) is 0 Å². The van der Waals surface area contributed by atoms with Gasteiger partial charge in [-0.05, 0) is 12.1 Å². The zero-order valence-corrected chi connectivity index (χ0v) is 8.02. The number of hydroxylamine groups is 1. The molecule has 0 spiro atoms. The smallest absolute Gasteiger partial charge is 0.338 e. The van der Waals surface area contributed by atoms with Gasteiger partial charge in [0, 0.05) is 16.1 Å². The Hall–Kier alpha value is -1.66. The summed E-state index contributed by atoms with van der Waals surface area (Å²) in [6.07, 6.45) is 1.46. The quantitative estimate of drug-likeness (QED) is 0.455. The van der Waals surface area contributed by atoms with Crippen molar-refractivity contribution < 1.29 is 17.6 Å². The molecule has 0 bridgehead atoms. The van der Waals surface area contributed by atoms with Crippen molar-refractivity contribution in [2.24, 2.45) is 0 Å². The van der Waals surface area contributed by atoms with Crippen molar-refractivity contribution in [2.75, 3.05) is 19.9 Å². The second-order valence-corrected chi connectivity index (χ2v) is 2.18. The molecule has 0 atom stereocenters. The molecule has 0 fully saturated rings. The summed E-state index contributed by atoms with van der Waals surface area (Å²) in [5.74, 6) is -0.0907. The third kappa shape index (κ3) is 4.39. The Bertz CT molecular complexity index is 300. The van der Waals surface area contributed by atoms with Crippen LogP contribution in [-0.2, 0) is 4.74 Å². The van der Waals surface area contributed by atoms with E-state index in [-0.39, 0.29) is 2.85 Å². The van der Waals surface area contributed by atoms with Gasteiger partial charge < -0.3 is 15.7 Å². The van der Waals surface area contributed by atoms with Gasteiger partial charge in [-0.15, -0.1) is 0 Å². The molecule has 6 heteroatoms. The first-order valence-corrected chi connectivity index (χ1v) is 3.76. The summed E-state index contributed by atoms with van der Waals surface area (Å²) in [7, 11) is 2.75. The number of carbonyl (C=O) groups excluding carboxylic acids is 1. The number of ether oxygens (including phenoxy) is 1. The van der Waals surface area contributed by atoms with Gasteiger partial charge >= 0.3 is 5.97 Å². The normalized spacial score (nSPS) is 8.50. The molecule has 0 aliphatic carbocycles. The first-order valence-electron chi connectivity index (χ1n) is 3.76. The Balaban J connectivity index is -0.000000306. The van der Waals surface area contributed by atoms with Crippen LogP contribution >= 0.6 is 0 Å². The molecular weight excluding hydrogens is 186 g/mol. The van der Waals surface area contributed by atoms with Gasteiger partial charge in [0.05, 0.1) is 12.7 Å². The monoisotopic (exact) mass is 203 g/mol. The van der Waals surface area contributed by atoms with Crippen LogP contribution in [0.3, 0.4) is 0 Å². The van der Waals surface area contributed by atoms with Gasteiger partial charge in [0.25, 0.3) is 0 Å². The molecule has 1 heterocycles. The maximum atomic E-state index is 10.9. The van der Waals surface area contributed by atoms with Crippen molar-refractivity contribution in [1.29, 1.82) is 0 Å². The van der Waals surface area contributed by atoms with Crippen LogP contribution < -0.4 is 11.2 Å². The highest BCUT2D eigenvalue weighted by Crippen LogP contribution is 2.03. The van der Waals surface area contributed by atoms with Crippen LogP contribution in [0.2, 0.25) is 0 Å². The fraction of sp³-hybridized carbons (Fsp3) is 0.250. The molecule has 0 amide bonds. The fourth-order valence-electron chi connectivity index (χ4n) is 0.693. The van der Waals surface area contributed by atoms with Crippen molar-refractivity contribution in [1.82, 2.24) is 10.5 Å². The average Bonchev–Trinajstić information content (AvgIpc) is 2.18. The summed E-state index contributed by atoms with van der Waals surface area (Å²) in [6, 6.07) is 3.01. The largest absolute Gasteiger partial charge is 0.465 e. The predicted molar refractivity (Wildman–Crippen MR) is 55.1 cm³/mol. The molecule has 0 aromatic carbocycles. The molecule has 0 saturated carbocycles. The second kappa shape index (κ2) is 6.81. The molecular formula is C8H17N3O3. The van der Waals surface area contributed by atoms with Crippen LogP contribution in [0.5, 0.6) is 0 Å². The van der Waals surface area contributed by atoms with E-state index in [9.17, 15) is 4.79 Å². The lowest BCUT2D eigenvalue weighted by Crippen LogP contribution is -2.02. The van der Waals surface area contributed by atoms with Gasteiger partial charge in [0.1, 0.15) is 5.82 Å². The standard InChI is InChI=1S/C7H8N2O2.CH5NO.2H2/c1-11-7(10)5-2-3-9-6(8)4-5;1-2-3;;/h2-4H,1H3,(H2,8,9);2-3H,1H3;2*1H. The second-order valence-electron chi connectivity index (χ2n) is 2.18. The number of esters is 1. The minimum absolute atomic E-state index is 0. The molecule has 1 aromatic heterocycles. The highest BCUT2D eigenvalue weighted by molar-refractivity contribution is 5.89. The topological polar surface area (TPSA) is 97.5 Å². The van der Waals surface area contributed by atoms with E-state index in [1.165, 1.54) is 26.4 Å². The summed E-state index contributed by atoms with van der Waals surface area (Å²) < 4.78 is 4.47. The van der Waals surface area contributed by atoms with Crippen molar-refractivity contribution in [3.63, 3.8) is 0 Å². The van der Waals surface area contributed by atoms with Gasteiger partial charge in [-0.2, -0.15) is 0 Å². The van der Waals surface area contributed by atoms with E-state index in [2.05, 4.69) is 9.72 Å². The minimum atomic E-state index is -0.404. The molecule has 0 unspecified atom stereocenters. The molecule has 0 aliphatic heterocycles. The van der Waals surface area contributed by atoms with Gasteiger partial charge in [0.15, 0.2) is 0 Å². The molecule has 4 N–H and O–H groups in total. The fourth-order valence-corrected chi connectivity index (χ4v) is 0.693. The van der Waals surface area contributed by atoms with Crippen molar-refractivity contribution in [2.45, 2.75) is 0 Å². The highest BCUT2D eigenvalue weighted by atomic mass is 16.5. The lowest BCUT2D eigenvalue weighted by Gasteiger charge is -1.97. The lowest BCUT2D eigenvalue weighted by molar-refractivity contribution is 0.0600. The third-order valence-electron chi connectivity index (χ3n) is 1.20. The summed E-state index contributed by atoms with van der Waals surface area (Å²) in [5, 5.41) is 7.32. The number of nitrogens with one attached hydrogen (secondary N) is 1. The zero-order valence-electron chi connectivity index (χ0n) is 8.02. The molecule has 1 aromatic rings. The van der Waals surface area contributed by atoms with Gasteiger partial charge in [0.2, 0.25) is 0 Å². The summed E-state index contributed by atoms with van der Waals surface area (Å²) in [5.41, 5.74) is 7.50. The number of pyridine rings is 1. The summed E-state index contributed by atoms with van der Waals surface area (Å²) in [4.78, 5) is 14.6. The van der Waals surface area contributed by atoms with Crippen molar-refractivity contribution >= 4 is 11.8 Å². The number of nitrogens with zero attached hydrogens (tertiary/aromatic N) is 1. The van der Waals surface area contributed by atoms with E-state index in [0.717, 1.165) is 0 Å². The maximum absolute atomic E-state index is 10.9. The number of aromatic nitrogens is 1. The van der Waals surface area contributed by atoms with Crippen LogP contribution in [0.4, 0.5) is 5.82 Å². The molecule has 82 valence electrons. The SMILES string of the molecule is CNO.COC(=O)c1ccnc(N)c1.[HH].[HH]. The lowest BCUT2D eigenvalue weighted by atomic mass is 10.3. The summed E-state index contributed by atoms with van der Waals surface area (Å²) in [6.45, 7) is 0. The van der Waals surface area contributed by atoms with E-state index >= 15 is 0 Å². The van der Waals surface area contributed by atoms with Crippen molar-refractivity contribution in [3.8, 4) is 0 Å². The number of nitrogens with two attached hydrogens (primary N) is 1. The molecule has 14 heavy (non-hydrogen) atoms. The minimum Gasteiger partial charge on any atom is -0.465 e. The molecule has 0 aliphatic rings. The predicted octanol–water partition coefficient (Wildman–Crippen LogP) is 0.537. The number of rotatable bonds is 1. The van der Waals surface area contributed by atoms with Crippen LogP contribution in [-0.4, -0.2) is 30.3 Å². The van der Waals surface area contributed by atoms with E-state index in [4.69, 9.17) is 10.9 Å². The number of nitrogen functional groups attached to an aromatic ring is 1. The maximum Gasteiger partial charge on any atom is 0.338 e. The Labute approximate surface area is 84.6 Å². The van der Waals surface area contributed by atoms with Gasteiger partial charge in [-0.3, -0.25) is 0 Å². The Morgan fingerprint density at radius 3 is 2.79 bits per heavy atom. The van der Waals surface area contributed by atoms with Crippen molar-refractivity contribution in [3.05, 3.63) is 23.9 Å². The number of hydrogen-bond donors (Lipinski definition) is 3. The van der Waals surface area contributed by atoms with Crippen LogP contribution in [0.25, 0.3) is 0 Å². The Morgan fingerprint density at radius 1 is 1.79 bits per heavy atom. The number of anilines is 1. The number of methoxy groups -OCH3 is 1. The number of carbonyl (C=O) groups is 1. The highest BCUT2D eigenvalue weighted by Gasteiger charge is 2.03. The molecule has 0 saturated heterocycles. The molecule has 6 nitrogen and oxygen atoms in total. The van der Waals surface area contributed by atoms with E-state index < -0.39 is 5.97 Å². The first-order chi connectivity index (χ1) is 6.65. The average molecular weight is 203 g/mol. The van der Waals surface area contributed by atoms with Crippen LogP contribution in [0, 0.1) is 0 Å². The van der Waals surface area contributed by atoms with Crippen LogP contribution in [0.15, 0.2) is 18.3 Å². The Kier molecular flexibility index (Phi) is 6.01. The van der Waals surface area contributed by atoms with Gasteiger partial charge in [-0.1, -0.05) is 0 Å². The third-order valence-corrected chi connectivity index (χ3v) is 1.20.